The lowest BCUT2D eigenvalue weighted by atomic mass is 9.98. The Morgan fingerprint density at radius 3 is 1.94 bits per heavy atom. The smallest absolute Gasteiger partial charge is 0.164 e. The minimum absolute atomic E-state index is 0.00972. The Hall–Kier alpha value is -6.95. The van der Waals surface area contributed by atoms with Gasteiger partial charge < -0.3 is 4.42 Å². The Labute approximate surface area is 331 Å². The molecule has 0 aliphatic heterocycles. The third kappa shape index (κ3) is 5.01. The second-order valence-corrected chi connectivity index (χ2v) is 13.7. The van der Waals surface area contributed by atoms with Crippen molar-refractivity contribution in [3.63, 3.8) is 0 Å². The van der Waals surface area contributed by atoms with Crippen molar-refractivity contribution in [2.45, 2.75) is 0 Å². The standard InChI is InChI=1S/C49H29N3OS/c1-3-12-30(13-4-1)32-22-24-33(25-23-32)47-50-48(38-19-11-21-44-45(38)37-18-9-10-20-43(37)54-44)52-49(51-47)41-29-40-39-28-34(31-14-5-2-6-15-31)26-27-42(39)53-46(40)36-17-8-7-16-35(36)41/h1-29H/i2D,5D,6D,9D,10D,11D,14D,15D,18D,19D,20D,21D. The van der Waals surface area contributed by atoms with Crippen molar-refractivity contribution in [2.75, 3.05) is 0 Å². The zero-order valence-corrected chi connectivity index (χ0v) is 28.8. The lowest BCUT2D eigenvalue weighted by Crippen LogP contribution is -2.01. The maximum Gasteiger partial charge on any atom is 0.164 e. The number of nitrogens with zero attached hydrogens (tertiary/aromatic N) is 3. The van der Waals surface area contributed by atoms with Crippen LogP contribution in [0.2, 0.25) is 0 Å². The van der Waals surface area contributed by atoms with Crippen molar-refractivity contribution in [3.8, 4) is 56.4 Å². The molecule has 4 nitrogen and oxygen atoms in total. The van der Waals surface area contributed by atoms with Crippen LogP contribution in [-0.2, 0) is 0 Å². The molecule has 0 fully saturated rings. The summed E-state index contributed by atoms with van der Waals surface area (Å²) in [5.74, 6) is 0.309. The van der Waals surface area contributed by atoms with Gasteiger partial charge in [0.2, 0.25) is 0 Å². The van der Waals surface area contributed by atoms with Gasteiger partial charge in [-0.05, 0) is 57.9 Å². The van der Waals surface area contributed by atoms with E-state index >= 15 is 0 Å². The molecule has 0 spiro atoms. The van der Waals surface area contributed by atoms with Crippen LogP contribution in [0.1, 0.15) is 16.4 Å². The predicted molar refractivity (Wildman–Crippen MR) is 225 cm³/mol. The van der Waals surface area contributed by atoms with E-state index in [1.54, 1.807) is 18.2 Å². The summed E-state index contributed by atoms with van der Waals surface area (Å²) in [4.78, 5) is 15.1. The zero-order valence-electron chi connectivity index (χ0n) is 40.0. The van der Waals surface area contributed by atoms with Crippen LogP contribution in [0.3, 0.4) is 0 Å². The molecule has 0 bridgehead atoms. The average Bonchev–Trinajstić information content (AvgIpc) is 3.93. The lowest BCUT2D eigenvalue weighted by Gasteiger charge is -2.12. The van der Waals surface area contributed by atoms with Crippen molar-refractivity contribution < 1.29 is 20.9 Å². The van der Waals surface area contributed by atoms with Crippen LogP contribution >= 0.6 is 11.3 Å². The third-order valence-electron chi connectivity index (χ3n) is 9.56. The largest absolute Gasteiger partial charge is 0.455 e. The molecule has 11 rings (SSSR count). The monoisotopic (exact) mass is 719 g/mol. The SMILES string of the molecule is [2H]c1c([2H])c([2H])c(-c2ccc3oc4c5ccccc5c(-c5nc(-c6ccc(-c7ccccc7)cc6)nc(-c6c([2H])c([2H])c([2H])c7sc8c([2H])c([2H])c([2H])c([2H])c8c67)n5)cc4c3c2)c([2H])c1[2H]. The van der Waals surface area contributed by atoms with E-state index in [0.29, 0.717) is 49.4 Å². The second-order valence-electron chi connectivity index (χ2n) is 12.7. The molecular weight excluding hydrogens is 679 g/mol. The van der Waals surface area contributed by atoms with Crippen LogP contribution in [0.4, 0.5) is 0 Å². The molecule has 0 unspecified atom stereocenters. The minimum Gasteiger partial charge on any atom is -0.455 e. The molecule has 54 heavy (non-hydrogen) atoms. The summed E-state index contributed by atoms with van der Waals surface area (Å²) < 4.78 is 111. The normalized spacial score (nSPS) is 14.8. The number of thiophene rings is 1. The van der Waals surface area contributed by atoms with Gasteiger partial charge in [-0.15, -0.1) is 11.3 Å². The van der Waals surface area contributed by atoms with Crippen molar-refractivity contribution in [1.82, 2.24) is 15.0 Å². The van der Waals surface area contributed by atoms with Gasteiger partial charge >= 0.3 is 0 Å². The number of benzene rings is 8. The first-order chi connectivity index (χ1) is 31.7. The molecule has 252 valence electrons. The number of hydrogen-bond donors (Lipinski definition) is 0. The molecule has 5 heteroatoms. The third-order valence-corrected chi connectivity index (χ3v) is 10.6. The van der Waals surface area contributed by atoms with E-state index in [4.69, 9.17) is 34.4 Å². The highest BCUT2D eigenvalue weighted by Gasteiger charge is 2.21. The average molecular weight is 720 g/mol. The number of rotatable bonds is 5. The molecule has 0 N–H and O–H groups in total. The first-order valence-electron chi connectivity index (χ1n) is 23.0. The lowest BCUT2D eigenvalue weighted by molar-refractivity contribution is 0.673. The van der Waals surface area contributed by atoms with Gasteiger partial charge in [0, 0.05) is 53.0 Å². The second kappa shape index (κ2) is 12.3. The summed E-state index contributed by atoms with van der Waals surface area (Å²) in [6.45, 7) is 0. The van der Waals surface area contributed by atoms with E-state index in [1.165, 1.54) is 0 Å². The Balaban J connectivity index is 1.22. The topological polar surface area (TPSA) is 51.8 Å². The number of hydrogen-bond acceptors (Lipinski definition) is 5. The molecule has 0 atom stereocenters. The quantitative estimate of drug-likeness (QED) is 0.178. The van der Waals surface area contributed by atoms with E-state index in [-0.39, 0.29) is 79.0 Å². The van der Waals surface area contributed by atoms with Crippen molar-refractivity contribution >= 4 is 64.2 Å². The summed E-state index contributed by atoms with van der Waals surface area (Å²) in [5, 5.41) is 2.84. The summed E-state index contributed by atoms with van der Waals surface area (Å²) in [6, 6.07) is 27.1. The van der Waals surface area contributed by atoms with Gasteiger partial charge in [0.1, 0.15) is 11.2 Å². The molecule has 0 aliphatic rings. The minimum atomic E-state index is -0.493. The molecule has 0 radical (unpaired) electrons. The molecule has 0 saturated carbocycles. The van der Waals surface area contributed by atoms with Crippen LogP contribution in [0.5, 0.6) is 0 Å². The van der Waals surface area contributed by atoms with Gasteiger partial charge in [0.25, 0.3) is 0 Å². The first kappa shape index (κ1) is 20.9. The zero-order chi connectivity index (χ0) is 46.0. The van der Waals surface area contributed by atoms with Gasteiger partial charge in [0.15, 0.2) is 17.5 Å². The molecule has 11 aromatic rings. The molecular formula is C49H29N3OS. The Bertz CT molecular complexity index is 3880. The van der Waals surface area contributed by atoms with E-state index < -0.39 is 42.3 Å². The predicted octanol–water partition coefficient (Wildman–Crippen LogP) is 13.6. The maximum atomic E-state index is 9.36. The molecule has 0 aliphatic carbocycles. The molecule has 0 amide bonds. The highest BCUT2D eigenvalue weighted by atomic mass is 32.1. The van der Waals surface area contributed by atoms with Gasteiger partial charge in [-0.25, -0.2) is 15.0 Å². The van der Waals surface area contributed by atoms with Gasteiger partial charge in [0.05, 0.1) is 16.4 Å². The maximum absolute atomic E-state index is 9.36. The molecule has 3 aromatic heterocycles. The summed E-state index contributed by atoms with van der Waals surface area (Å²) in [6.07, 6.45) is 0. The fourth-order valence-corrected chi connectivity index (χ4v) is 8.01. The highest BCUT2D eigenvalue weighted by Crippen LogP contribution is 2.43. The molecule has 0 saturated heterocycles. The van der Waals surface area contributed by atoms with Crippen molar-refractivity contribution in [2.24, 2.45) is 0 Å². The number of fused-ring (bicyclic) bond motifs is 8. The summed E-state index contributed by atoms with van der Waals surface area (Å²) in [7, 11) is 0. The van der Waals surface area contributed by atoms with E-state index in [9.17, 15) is 1.37 Å². The summed E-state index contributed by atoms with van der Waals surface area (Å²) in [5.41, 5.74) is 4.48. The van der Waals surface area contributed by atoms with E-state index in [1.807, 2.05) is 84.9 Å². The Morgan fingerprint density at radius 2 is 1.09 bits per heavy atom. The molecule has 3 heterocycles. The van der Waals surface area contributed by atoms with E-state index in [2.05, 4.69) is 0 Å². The Kier molecular flexibility index (Phi) is 4.78. The first-order valence-corrected chi connectivity index (χ1v) is 17.8. The summed E-state index contributed by atoms with van der Waals surface area (Å²) >= 11 is 0.956. The van der Waals surface area contributed by atoms with Crippen LogP contribution < -0.4 is 0 Å². The van der Waals surface area contributed by atoms with Crippen LogP contribution in [0.15, 0.2) is 180 Å². The fourth-order valence-electron chi connectivity index (χ4n) is 7.04. The van der Waals surface area contributed by atoms with Crippen LogP contribution in [0.25, 0.3) is 109 Å². The molecule has 8 aromatic carbocycles. The van der Waals surface area contributed by atoms with Gasteiger partial charge in [-0.2, -0.15) is 0 Å². The highest BCUT2D eigenvalue weighted by molar-refractivity contribution is 7.25. The number of furan rings is 1. The number of aromatic nitrogens is 3. The van der Waals surface area contributed by atoms with Gasteiger partial charge in [-0.3, -0.25) is 0 Å². The van der Waals surface area contributed by atoms with Crippen molar-refractivity contribution in [1.29, 1.82) is 0 Å². The van der Waals surface area contributed by atoms with Gasteiger partial charge in [-0.1, -0.05) is 145 Å². The van der Waals surface area contributed by atoms with Crippen LogP contribution in [-0.4, -0.2) is 15.0 Å². The fraction of sp³-hybridized carbons (Fsp3) is 0. The van der Waals surface area contributed by atoms with Crippen LogP contribution in [0, 0.1) is 0 Å². The Morgan fingerprint density at radius 1 is 0.426 bits per heavy atom. The van der Waals surface area contributed by atoms with Crippen molar-refractivity contribution in [3.05, 3.63) is 176 Å². The van der Waals surface area contributed by atoms with E-state index in [0.717, 1.165) is 22.5 Å².